The smallest absolute Gasteiger partial charge is 0.407 e. The van der Waals surface area contributed by atoms with Crippen LogP contribution in [0.15, 0.2) is 5.11 Å². The van der Waals surface area contributed by atoms with Crippen molar-refractivity contribution in [3.63, 3.8) is 0 Å². The van der Waals surface area contributed by atoms with Gasteiger partial charge in [0.1, 0.15) is 5.60 Å². The van der Waals surface area contributed by atoms with Gasteiger partial charge in [-0.25, -0.2) is 4.79 Å². The number of carbonyl (C=O) groups is 1. The third-order valence-electron chi connectivity index (χ3n) is 1.74. The van der Waals surface area contributed by atoms with E-state index in [1.165, 1.54) is 0 Å². The van der Waals surface area contributed by atoms with E-state index in [1.54, 1.807) is 0 Å². The van der Waals surface area contributed by atoms with Crippen LogP contribution in [0.3, 0.4) is 0 Å². The molecule has 0 heterocycles. The summed E-state index contributed by atoms with van der Waals surface area (Å²) in [5, 5.41) is 6.03. The van der Waals surface area contributed by atoms with Crippen molar-refractivity contribution in [1.82, 2.24) is 5.32 Å². The average molecular weight is 258 g/mol. The number of carbonyl (C=O) groups excluding carboxylic acids is 1. The Labute approximate surface area is 107 Å². The molecule has 0 rings (SSSR count). The monoisotopic (exact) mass is 258 g/mol. The first-order valence-corrected chi connectivity index (χ1v) is 6.01. The fraction of sp³-hybridized carbons (Fsp3) is 0.909. The van der Waals surface area contributed by atoms with Crippen molar-refractivity contribution < 1.29 is 14.3 Å². The molecule has 0 aromatic heterocycles. The standard InChI is InChI=1S/C11H22N4O3/c1-11(2,3)18-10(16)13-6-4-8-17-9-5-7-14-15-12/h4-9H2,1-3H3,(H,13,16). The van der Waals surface area contributed by atoms with Crippen molar-refractivity contribution in [3.05, 3.63) is 10.4 Å². The molecule has 0 fully saturated rings. The quantitative estimate of drug-likeness (QED) is 0.313. The van der Waals surface area contributed by atoms with Crippen LogP contribution < -0.4 is 5.32 Å². The Morgan fingerprint density at radius 1 is 1.33 bits per heavy atom. The lowest BCUT2D eigenvalue weighted by atomic mass is 10.2. The third-order valence-corrected chi connectivity index (χ3v) is 1.74. The Morgan fingerprint density at radius 2 is 2.00 bits per heavy atom. The Kier molecular flexibility index (Phi) is 8.78. The Morgan fingerprint density at radius 3 is 2.61 bits per heavy atom. The molecule has 1 amide bonds. The summed E-state index contributed by atoms with van der Waals surface area (Å²) < 4.78 is 10.4. The first-order chi connectivity index (χ1) is 8.45. The highest BCUT2D eigenvalue weighted by molar-refractivity contribution is 5.67. The molecule has 0 saturated heterocycles. The fourth-order valence-electron chi connectivity index (χ4n) is 1.06. The molecule has 0 bridgehead atoms. The number of azide groups is 1. The van der Waals surface area contributed by atoms with Gasteiger partial charge < -0.3 is 14.8 Å². The summed E-state index contributed by atoms with van der Waals surface area (Å²) in [6.07, 6.45) is 1.02. The summed E-state index contributed by atoms with van der Waals surface area (Å²) >= 11 is 0. The maximum Gasteiger partial charge on any atom is 0.407 e. The number of nitrogens with one attached hydrogen (secondary N) is 1. The van der Waals surface area contributed by atoms with E-state index < -0.39 is 11.7 Å². The maximum atomic E-state index is 11.2. The Balaban J connectivity index is 3.30. The predicted octanol–water partition coefficient (Wildman–Crippen LogP) is 2.62. The number of ether oxygens (including phenoxy) is 2. The fourth-order valence-corrected chi connectivity index (χ4v) is 1.06. The molecule has 0 aliphatic rings. The molecule has 0 aromatic carbocycles. The number of nitrogens with zero attached hydrogens (tertiary/aromatic N) is 3. The van der Waals surface area contributed by atoms with Gasteiger partial charge in [0, 0.05) is 31.2 Å². The van der Waals surface area contributed by atoms with Gasteiger partial charge in [-0.3, -0.25) is 0 Å². The average Bonchev–Trinajstić information content (AvgIpc) is 2.24. The van der Waals surface area contributed by atoms with Crippen LogP contribution in [0, 0.1) is 0 Å². The molecule has 0 aliphatic carbocycles. The van der Waals surface area contributed by atoms with Crippen LogP contribution in [0.25, 0.3) is 10.4 Å². The SMILES string of the molecule is CC(C)(C)OC(=O)NCCCOCCCN=[N+]=[N-]. The molecular formula is C11H22N4O3. The van der Waals surface area contributed by atoms with E-state index >= 15 is 0 Å². The van der Waals surface area contributed by atoms with Gasteiger partial charge in [-0.1, -0.05) is 5.11 Å². The minimum absolute atomic E-state index is 0.411. The lowest BCUT2D eigenvalue weighted by Crippen LogP contribution is -2.33. The van der Waals surface area contributed by atoms with Crippen LogP contribution in [0.4, 0.5) is 4.79 Å². The molecule has 18 heavy (non-hydrogen) atoms. The van der Waals surface area contributed by atoms with Gasteiger partial charge in [0.05, 0.1) is 0 Å². The van der Waals surface area contributed by atoms with Crippen molar-refractivity contribution in [2.45, 2.75) is 39.2 Å². The van der Waals surface area contributed by atoms with E-state index in [4.69, 9.17) is 15.0 Å². The van der Waals surface area contributed by atoms with E-state index in [0.29, 0.717) is 32.7 Å². The lowest BCUT2D eigenvalue weighted by molar-refractivity contribution is 0.0520. The molecular weight excluding hydrogens is 236 g/mol. The summed E-state index contributed by atoms with van der Waals surface area (Å²) in [5.41, 5.74) is 7.57. The third kappa shape index (κ3) is 12.6. The second-order valence-electron chi connectivity index (χ2n) is 4.70. The molecule has 0 unspecified atom stereocenters. The highest BCUT2D eigenvalue weighted by Gasteiger charge is 2.15. The highest BCUT2D eigenvalue weighted by atomic mass is 16.6. The zero-order chi connectivity index (χ0) is 13.9. The van der Waals surface area contributed by atoms with Crippen molar-refractivity contribution in [2.24, 2.45) is 5.11 Å². The summed E-state index contributed by atoms with van der Waals surface area (Å²) in [6, 6.07) is 0. The molecule has 0 saturated carbocycles. The second kappa shape index (κ2) is 9.56. The molecule has 104 valence electrons. The van der Waals surface area contributed by atoms with Gasteiger partial charge in [0.25, 0.3) is 0 Å². The van der Waals surface area contributed by atoms with E-state index in [1.807, 2.05) is 20.8 Å². The van der Waals surface area contributed by atoms with Crippen LogP contribution in [0.5, 0.6) is 0 Å². The zero-order valence-electron chi connectivity index (χ0n) is 11.3. The van der Waals surface area contributed by atoms with E-state index in [-0.39, 0.29) is 0 Å². The summed E-state index contributed by atoms with van der Waals surface area (Å²) in [7, 11) is 0. The molecule has 7 nitrogen and oxygen atoms in total. The highest BCUT2D eigenvalue weighted by Crippen LogP contribution is 2.06. The molecule has 0 atom stereocenters. The topological polar surface area (TPSA) is 96.3 Å². The Hall–Kier alpha value is -1.46. The van der Waals surface area contributed by atoms with Crippen molar-refractivity contribution in [1.29, 1.82) is 0 Å². The minimum atomic E-state index is -0.470. The van der Waals surface area contributed by atoms with Crippen LogP contribution in [-0.2, 0) is 9.47 Å². The Bertz CT molecular complexity index is 283. The zero-order valence-corrected chi connectivity index (χ0v) is 11.3. The minimum Gasteiger partial charge on any atom is -0.444 e. The largest absolute Gasteiger partial charge is 0.444 e. The molecule has 0 spiro atoms. The number of rotatable bonds is 8. The molecule has 7 heteroatoms. The van der Waals surface area contributed by atoms with Gasteiger partial charge in [0.2, 0.25) is 0 Å². The molecule has 1 N–H and O–H groups in total. The summed E-state index contributed by atoms with van der Waals surface area (Å²) in [5.74, 6) is 0. The summed E-state index contributed by atoms with van der Waals surface area (Å²) in [6.45, 7) is 7.55. The van der Waals surface area contributed by atoms with Gasteiger partial charge >= 0.3 is 6.09 Å². The summed E-state index contributed by atoms with van der Waals surface area (Å²) in [4.78, 5) is 13.9. The van der Waals surface area contributed by atoms with Gasteiger partial charge in [-0.05, 0) is 39.1 Å². The second-order valence-corrected chi connectivity index (χ2v) is 4.70. The number of alkyl carbamates (subject to hydrolysis) is 1. The molecule has 0 aromatic rings. The first kappa shape index (κ1) is 16.5. The van der Waals surface area contributed by atoms with Crippen LogP contribution in [0.1, 0.15) is 33.6 Å². The van der Waals surface area contributed by atoms with E-state index in [2.05, 4.69) is 15.3 Å². The first-order valence-electron chi connectivity index (χ1n) is 6.01. The van der Waals surface area contributed by atoms with E-state index in [0.717, 1.165) is 6.42 Å². The van der Waals surface area contributed by atoms with Gasteiger partial charge in [-0.15, -0.1) is 0 Å². The van der Waals surface area contributed by atoms with Gasteiger partial charge in [0.15, 0.2) is 0 Å². The van der Waals surface area contributed by atoms with Gasteiger partial charge in [-0.2, -0.15) is 0 Å². The molecule has 0 aliphatic heterocycles. The number of hydrogen-bond acceptors (Lipinski definition) is 4. The predicted molar refractivity (Wildman–Crippen MR) is 68.3 cm³/mol. The molecule has 0 radical (unpaired) electrons. The van der Waals surface area contributed by atoms with Crippen molar-refractivity contribution in [3.8, 4) is 0 Å². The van der Waals surface area contributed by atoms with Crippen LogP contribution >= 0.6 is 0 Å². The van der Waals surface area contributed by atoms with Crippen LogP contribution in [-0.4, -0.2) is 38.0 Å². The van der Waals surface area contributed by atoms with Crippen molar-refractivity contribution in [2.75, 3.05) is 26.3 Å². The number of amides is 1. The number of hydrogen-bond donors (Lipinski definition) is 1. The van der Waals surface area contributed by atoms with Crippen LogP contribution in [0.2, 0.25) is 0 Å². The lowest BCUT2D eigenvalue weighted by Gasteiger charge is -2.19. The maximum absolute atomic E-state index is 11.2. The normalized spacial score (nSPS) is 10.6. The van der Waals surface area contributed by atoms with Crippen molar-refractivity contribution >= 4 is 6.09 Å². The van der Waals surface area contributed by atoms with E-state index in [9.17, 15) is 4.79 Å².